The maximum atomic E-state index is 5.77. The van der Waals surface area contributed by atoms with Crippen LogP contribution in [-0.2, 0) is 10.2 Å². The summed E-state index contributed by atoms with van der Waals surface area (Å²) in [5.74, 6) is 0.667. The number of hydrogen-bond donors (Lipinski definition) is 0. The summed E-state index contributed by atoms with van der Waals surface area (Å²) in [6.07, 6.45) is 2.77. The van der Waals surface area contributed by atoms with E-state index in [2.05, 4.69) is 11.1 Å². The average Bonchev–Trinajstić information content (AvgIpc) is 2.13. The Hall–Kier alpha value is -0.600. The monoisotopic (exact) mass is 197 g/mol. The number of nitrogens with zero attached hydrogens (tertiary/aromatic N) is 1. The van der Waals surface area contributed by atoms with Crippen molar-refractivity contribution < 1.29 is 4.74 Å². The first-order valence-corrected chi connectivity index (χ1v) is 4.96. The second-order valence-corrected chi connectivity index (χ2v) is 3.81. The summed E-state index contributed by atoms with van der Waals surface area (Å²) in [4.78, 5) is 4.35. The molecular formula is C10H12ClNO. The van der Waals surface area contributed by atoms with Gasteiger partial charge in [-0.15, -0.1) is 11.6 Å². The molecule has 0 atom stereocenters. The van der Waals surface area contributed by atoms with Crippen LogP contribution in [0.2, 0.25) is 0 Å². The minimum absolute atomic E-state index is 0.100. The quantitative estimate of drug-likeness (QED) is 0.692. The smallest absolute Gasteiger partial charge is 0.0604 e. The predicted octanol–water partition coefficient (Wildman–Crippen LogP) is 1.98. The van der Waals surface area contributed by atoms with E-state index < -0.39 is 0 Å². The van der Waals surface area contributed by atoms with Gasteiger partial charge in [0.1, 0.15) is 0 Å². The van der Waals surface area contributed by atoms with Crippen LogP contribution >= 0.6 is 11.6 Å². The molecule has 0 radical (unpaired) electrons. The molecule has 0 N–H and O–H groups in total. The molecule has 0 bridgehead atoms. The second-order valence-electron chi connectivity index (χ2n) is 3.43. The highest BCUT2D eigenvalue weighted by atomic mass is 35.5. The Balaban J connectivity index is 2.22. The van der Waals surface area contributed by atoms with Gasteiger partial charge in [-0.25, -0.2) is 0 Å². The first-order chi connectivity index (χ1) is 6.37. The molecule has 0 aliphatic carbocycles. The van der Waals surface area contributed by atoms with Crippen molar-refractivity contribution in [3.05, 3.63) is 30.1 Å². The van der Waals surface area contributed by atoms with E-state index in [1.807, 2.05) is 18.3 Å². The molecule has 1 saturated heterocycles. The van der Waals surface area contributed by atoms with Gasteiger partial charge in [-0.3, -0.25) is 4.98 Å². The molecule has 0 amide bonds. The van der Waals surface area contributed by atoms with Crippen LogP contribution in [0.3, 0.4) is 0 Å². The summed E-state index contributed by atoms with van der Waals surface area (Å²) in [6.45, 7) is 1.52. The first-order valence-electron chi connectivity index (χ1n) is 4.43. The Labute approximate surface area is 82.9 Å². The standard InChI is InChI=1S/C10H12ClNO/c11-5-4-10(7-13-8-10)9-3-1-2-6-12-9/h1-3,6H,4-5,7-8H2. The molecule has 1 fully saturated rings. The van der Waals surface area contributed by atoms with Crippen LogP contribution in [-0.4, -0.2) is 24.1 Å². The van der Waals surface area contributed by atoms with Crippen LogP contribution < -0.4 is 0 Å². The molecule has 2 nitrogen and oxygen atoms in total. The highest BCUT2D eigenvalue weighted by Gasteiger charge is 2.40. The highest BCUT2D eigenvalue weighted by Crippen LogP contribution is 2.34. The van der Waals surface area contributed by atoms with E-state index in [4.69, 9.17) is 16.3 Å². The van der Waals surface area contributed by atoms with E-state index in [1.165, 1.54) is 0 Å². The fourth-order valence-corrected chi connectivity index (χ4v) is 1.99. The summed E-state index contributed by atoms with van der Waals surface area (Å²) in [7, 11) is 0. The molecule has 1 aliphatic rings. The van der Waals surface area contributed by atoms with E-state index in [-0.39, 0.29) is 5.41 Å². The van der Waals surface area contributed by atoms with E-state index in [0.717, 1.165) is 25.3 Å². The van der Waals surface area contributed by atoms with Gasteiger partial charge in [0.15, 0.2) is 0 Å². The van der Waals surface area contributed by atoms with Crippen LogP contribution in [0.4, 0.5) is 0 Å². The molecule has 1 aromatic rings. The van der Waals surface area contributed by atoms with Gasteiger partial charge in [-0.05, 0) is 18.6 Å². The summed E-state index contributed by atoms with van der Waals surface area (Å²) < 4.78 is 5.25. The topological polar surface area (TPSA) is 22.1 Å². The van der Waals surface area contributed by atoms with Gasteiger partial charge in [-0.1, -0.05) is 6.07 Å². The molecule has 0 aromatic carbocycles. The van der Waals surface area contributed by atoms with Crippen molar-refractivity contribution in [1.82, 2.24) is 4.98 Å². The molecule has 0 saturated carbocycles. The van der Waals surface area contributed by atoms with Gasteiger partial charge < -0.3 is 4.74 Å². The van der Waals surface area contributed by atoms with Crippen LogP contribution in [0.15, 0.2) is 24.4 Å². The number of aromatic nitrogens is 1. The van der Waals surface area contributed by atoms with E-state index >= 15 is 0 Å². The fourth-order valence-electron chi connectivity index (χ4n) is 1.63. The molecule has 0 unspecified atom stereocenters. The molecule has 3 heteroatoms. The third kappa shape index (κ3) is 1.56. The van der Waals surface area contributed by atoms with Crippen molar-refractivity contribution in [2.75, 3.05) is 19.1 Å². The second kappa shape index (κ2) is 3.64. The van der Waals surface area contributed by atoms with Gasteiger partial charge in [0.25, 0.3) is 0 Å². The molecule has 2 heterocycles. The summed E-state index contributed by atoms with van der Waals surface area (Å²) in [5, 5.41) is 0. The number of hydrogen-bond acceptors (Lipinski definition) is 2. The third-order valence-corrected chi connectivity index (χ3v) is 2.73. The SMILES string of the molecule is ClCCC1(c2ccccn2)COC1. The molecule has 70 valence electrons. The van der Waals surface area contributed by atoms with E-state index in [0.29, 0.717) is 5.88 Å². The lowest BCUT2D eigenvalue weighted by molar-refractivity contribution is -0.0636. The van der Waals surface area contributed by atoms with Gasteiger partial charge in [0.2, 0.25) is 0 Å². The lowest BCUT2D eigenvalue weighted by Gasteiger charge is -2.40. The summed E-state index contributed by atoms with van der Waals surface area (Å²) >= 11 is 5.77. The zero-order chi connectivity index (χ0) is 9.15. The number of alkyl halides is 1. The normalized spacial score (nSPS) is 19.5. The van der Waals surface area contributed by atoms with Crippen LogP contribution in [0, 0.1) is 0 Å². The van der Waals surface area contributed by atoms with Gasteiger partial charge in [0.05, 0.1) is 24.3 Å². The third-order valence-electron chi connectivity index (χ3n) is 2.54. The zero-order valence-corrected chi connectivity index (χ0v) is 8.13. The Kier molecular flexibility index (Phi) is 2.51. The van der Waals surface area contributed by atoms with E-state index in [9.17, 15) is 0 Å². The van der Waals surface area contributed by atoms with Gasteiger partial charge in [0, 0.05) is 12.1 Å². The van der Waals surface area contributed by atoms with E-state index in [1.54, 1.807) is 0 Å². The minimum atomic E-state index is 0.100. The zero-order valence-electron chi connectivity index (χ0n) is 7.37. The predicted molar refractivity (Wildman–Crippen MR) is 52.1 cm³/mol. The molecule has 0 spiro atoms. The van der Waals surface area contributed by atoms with Crippen molar-refractivity contribution in [3.63, 3.8) is 0 Å². The summed E-state index contributed by atoms with van der Waals surface area (Å²) in [5.41, 5.74) is 1.21. The van der Waals surface area contributed by atoms with Crippen molar-refractivity contribution >= 4 is 11.6 Å². The Morgan fingerprint density at radius 2 is 2.31 bits per heavy atom. The minimum Gasteiger partial charge on any atom is -0.379 e. The fraction of sp³-hybridized carbons (Fsp3) is 0.500. The molecule has 13 heavy (non-hydrogen) atoms. The van der Waals surface area contributed by atoms with Crippen molar-refractivity contribution in [1.29, 1.82) is 0 Å². The first kappa shape index (κ1) is 8.97. The number of pyridine rings is 1. The Morgan fingerprint density at radius 3 is 2.77 bits per heavy atom. The molecule has 1 aliphatic heterocycles. The maximum absolute atomic E-state index is 5.77. The molecule has 2 rings (SSSR count). The van der Waals surface area contributed by atoms with Crippen molar-refractivity contribution in [3.8, 4) is 0 Å². The number of rotatable bonds is 3. The Morgan fingerprint density at radius 1 is 1.46 bits per heavy atom. The number of ether oxygens (including phenoxy) is 1. The highest BCUT2D eigenvalue weighted by molar-refractivity contribution is 6.17. The number of halogens is 1. The van der Waals surface area contributed by atoms with Crippen molar-refractivity contribution in [2.24, 2.45) is 0 Å². The van der Waals surface area contributed by atoms with Crippen LogP contribution in [0.25, 0.3) is 0 Å². The van der Waals surface area contributed by atoms with Crippen LogP contribution in [0.5, 0.6) is 0 Å². The Bertz CT molecular complexity index is 272. The maximum Gasteiger partial charge on any atom is 0.0604 e. The molecular weight excluding hydrogens is 186 g/mol. The van der Waals surface area contributed by atoms with Crippen molar-refractivity contribution in [2.45, 2.75) is 11.8 Å². The molecule has 1 aromatic heterocycles. The lowest BCUT2D eigenvalue weighted by Crippen LogP contribution is -2.47. The largest absolute Gasteiger partial charge is 0.379 e. The summed E-state index contributed by atoms with van der Waals surface area (Å²) in [6, 6.07) is 5.99. The van der Waals surface area contributed by atoms with Crippen LogP contribution in [0.1, 0.15) is 12.1 Å². The van der Waals surface area contributed by atoms with Gasteiger partial charge in [-0.2, -0.15) is 0 Å². The average molecular weight is 198 g/mol. The van der Waals surface area contributed by atoms with Gasteiger partial charge >= 0.3 is 0 Å². The lowest BCUT2D eigenvalue weighted by atomic mass is 9.79.